The second-order valence-electron chi connectivity index (χ2n) is 6.23. The van der Waals surface area contributed by atoms with Crippen LogP contribution in [0.3, 0.4) is 0 Å². The van der Waals surface area contributed by atoms with Crippen LogP contribution in [0.15, 0.2) is 48.5 Å². The second-order valence-corrected chi connectivity index (χ2v) is 8.10. The van der Waals surface area contributed by atoms with E-state index < -0.39 is 0 Å². The third kappa shape index (κ3) is 5.35. The molecule has 3 aromatic rings. The van der Waals surface area contributed by atoms with Gasteiger partial charge in [0.25, 0.3) is 0 Å². The fraction of sp³-hybridized carbons (Fsp3) is 0.150. The molecule has 0 radical (unpaired) electrons. The third-order valence-electron chi connectivity index (χ3n) is 3.84. The van der Waals surface area contributed by atoms with Gasteiger partial charge in [0.15, 0.2) is 10.2 Å². The Balaban J connectivity index is 1.57. The molecule has 2 N–H and O–H groups in total. The molecule has 138 valence electrons. The van der Waals surface area contributed by atoms with Crippen molar-refractivity contribution in [3.05, 3.63) is 64.7 Å². The zero-order valence-corrected chi connectivity index (χ0v) is 17.2. The van der Waals surface area contributed by atoms with Crippen LogP contribution >= 0.6 is 35.2 Å². The molecule has 1 aromatic heterocycles. The van der Waals surface area contributed by atoms with Crippen molar-refractivity contribution in [2.24, 2.45) is 0 Å². The monoisotopic (exact) mass is 415 g/mol. The molecule has 4 nitrogen and oxygen atoms in total. The average Bonchev–Trinajstić information content (AvgIpc) is 3.01. The van der Waals surface area contributed by atoms with Gasteiger partial charge >= 0.3 is 0 Å². The first kappa shape index (κ1) is 19.5. The van der Waals surface area contributed by atoms with E-state index in [0.29, 0.717) is 16.1 Å². The molecule has 0 atom stereocenters. The summed E-state index contributed by atoms with van der Waals surface area (Å²) in [5.74, 6) is 0.179. The molecule has 0 saturated carbocycles. The Morgan fingerprint density at radius 2 is 1.96 bits per heavy atom. The number of aromatic nitrogens is 1. The van der Waals surface area contributed by atoms with E-state index in [1.165, 1.54) is 23.0 Å². The molecule has 0 unspecified atom stereocenters. The number of nitrogens with one attached hydrogen (secondary N) is 2. The Bertz CT molecular complexity index is 1010. The van der Waals surface area contributed by atoms with Crippen molar-refractivity contribution in [1.29, 1.82) is 0 Å². The average molecular weight is 416 g/mol. The highest BCUT2D eigenvalue weighted by Gasteiger charge is 2.07. The summed E-state index contributed by atoms with van der Waals surface area (Å²) in [6, 6.07) is 13.6. The molecule has 0 aliphatic rings. The molecule has 2 aromatic carbocycles. The largest absolute Gasteiger partial charge is 0.308 e. The number of fused-ring (bicyclic) bond motifs is 1. The van der Waals surface area contributed by atoms with Crippen LogP contribution in [0.1, 0.15) is 30.9 Å². The lowest BCUT2D eigenvalue weighted by Gasteiger charge is -2.05. The molecule has 0 aliphatic heterocycles. The molecule has 0 spiro atoms. The van der Waals surface area contributed by atoms with Crippen LogP contribution in [-0.2, 0) is 4.79 Å². The summed E-state index contributed by atoms with van der Waals surface area (Å²) < 4.78 is 0.948. The van der Waals surface area contributed by atoms with Crippen LogP contribution in [0, 0.1) is 0 Å². The summed E-state index contributed by atoms with van der Waals surface area (Å²) in [5, 5.41) is 7.00. The molecule has 0 saturated heterocycles. The zero-order chi connectivity index (χ0) is 19.4. The van der Waals surface area contributed by atoms with E-state index in [1.807, 2.05) is 24.3 Å². The van der Waals surface area contributed by atoms with Gasteiger partial charge in [-0.3, -0.25) is 10.1 Å². The number of anilines is 1. The van der Waals surface area contributed by atoms with Crippen LogP contribution in [0.2, 0.25) is 5.02 Å². The summed E-state index contributed by atoms with van der Waals surface area (Å²) in [4.78, 5) is 16.5. The molecule has 1 amide bonds. The lowest BCUT2D eigenvalue weighted by molar-refractivity contribution is -0.115. The maximum absolute atomic E-state index is 12.0. The molecule has 3 rings (SSSR count). The molecule has 0 aliphatic carbocycles. The van der Waals surface area contributed by atoms with Crippen molar-refractivity contribution >= 4 is 67.6 Å². The van der Waals surface area contributed by atoms with Gasteiger partial charge in [0.2, 0.25) is 5.91 Å². The van der Waals surface area contributed by atoms with E-state index in [4.69, 9.17) is 23.8 Å². The molecule has 7 heteroatoms. The summed E-state index contributed by atoms with van der Waals surface area (Å²) in [7, 11) is 0. The van der Waals surface area contributed by atoms with Gasteiger partial charge in [-0.25, -0.2) is 4.98 Å². The van der Waals surface area contributed by atoms with Gasteiger partial charge in [-0.15, -0.1) is 0 Å². The summed E-state index contributed by atoms with van der Waals surface area (Å²) >= 11 is 12.6. The van der Waals surface area contributed by atoms with E-state index in [1.54, 1.807) is 12.1 Å². The summed E-state index contributed by atoms with van der Waals surface area (Å²) in [6.07, 6.45) is 3.21. The third-order valence-corrected chi connectivity index (χ3v) is 5.21. The predicted octanol–water partition coefficient (Wildman–Crippen LogP) is 5.60. The Kier molecular flexibility index (Phi) is 6.21. The Hall–Kier alpha value is -2.28. The first-order valence-corrected chi connectivity index (χ1v) is 9.97. The van der Waals surface area contributed by atoms with Crippen LogP contribution in [0.4, 0.5) is 5.13 Å². The fourth-order valence-corrected chi connectivity index (χ4v) is 3.81. The molecule has 1 heterocycles. The number of hydrogen-bond acceptors (Lipinski definition) is 4. The minimum Gasteiger partial charge on any atom is -0.308 e. The van der Waals surface area contributed by atoms with Crippen LogP contribution in [0.5, 0.6) is 0 Å². The van der Waals surface area contributed by atoms with Crippen molar-refractivity contribution < 1.29 is 4.79 Å². The summed E-state index contributed by atoms with van der Waals surface area (Å²) in [6.45, 7) is 4.29. The Labute approximate surface area is 172 Å². The Morgan fingerprint density at radius 3 is 2.67 bits per heavy atom. The van der Waals surface area contributed by atoms with Crippen molar-refractivity contribution in [2.75, 3.05) is 5.32 Å². The molecule has 0 fully saturated rings. The first-order valence-electron chi connectivity index (χ1n) is 8.37. The maximum Gasteiger partial charge on any atom is 0.250 e. The number of thiocarbonyl (C=S) groups is 1. The number of hydrogen-bond donors (Lipinski definition) is 2. The number of carbonyl (C=O) groups is 1. The number of benzene rings is 2. The first-order chi connectivity index (χ1) is 12.9. The zero-order valence-electron chi connectivity index (χ0n) is 14.8. The highest BCUT2D eigenvalue weighted by Crippen LogP contribution is 2.28. The SMILES string of the molecule is CC(C)c1ccc(/C=C/C(=O)NC(=S)Nc2nc3ccc(Cl)cc3s2)cc1. The van der Waals surface area contributed by atoms with Gasteiger partial charge < -0.3 is 5.32 Å². The van der Waals surface area contributed by atoms with Crippen molar-refractivity contribution in [3.8, 4) is 0 Å². The van der Waals surface area contributed by atoms with E-state index in [-0.39, 0.29) is 11.0 Å². The lowest BCUT2D eigenvalue weighted by Crippen LogP contribution is -2.32. The maximum atomic E-state index is 12.0. The summed E-state index contributed by atoms with van der Waals surface area (Å²) in [5.41, 5.74) is 3.04. The number of amides is 1. The number of halogens is 1. The predicted molar refractivity (Wildman–Crippen MR) is 119 cm³/mol. The van der Waals surface area contributed by atoms with Crippen molar-refractivity contribution in [3.63, 3.8) is 0 Å². The Morgan fingerprint density at radius 1 is 1.22 bits per heavy atom. The number of carbonyl (C=O) groups excluding carboxylic acids is 1. The molecule has 27 heavy (non-hydrogen) atoms. The molecule has 0 bridgehead atoms. The quantitative estimate of drug-likeness (QED) is 0.430. The van der Waals surface area contributed by atoms with Crippen molar-refractivity contribution in [2.45, 2.75) is 19.8 Å². The number of thiazole rings is 1. The van der Waals surface area contributed by atoms with E-state index in [0.717, 1.165) is 15.8 Å². The highest BCUT2D eigenvalue weighted by atomic mass is 35.5. The van der Waals surface area contributed by atoms with Gasteiger partial charge in [0.05, 0.1) is 10.2 Å². The van der Waals surface area contributed by atoms with E-state index >= 15 is 0 Å². The second kappa shape index (κ2) is 8.61. The van der Waals surface area contributed by atoms with E-state index in [9.17, 15) is 4.79 Å². The van der Waals surface area contributed by atoms with Gasteiger partial charge in [-0.2, -0.15) is 0 Å². The standard InChI is InChI=1S/C20H18ClN3OS2/c1-12(2)14-6-3-13(4-7-14)5-10-18(25)23-19(26)24-20-22-16-9-8-15(21)11-17(16)27-20/h3-12H,1-2H3,(H2,22,23,24,25,26)/b10-5+. The van der Waals surface area contributed by atoms with Crippen LogP contribution in [0.25, 0.3) is 16.3 Å². The van der Waals surface area contributed by atoms with Crippen LogP contribution in [-0.4, -0.2) is 16.0 Å². The highest BCUT2D eigenvalue weighted by molar-refractivity contribution is 7.80. The minimum absolute atomic E-state index is 0.199. The fourth-order valence-electron chi connectivity index (χ4n) is 2.40. The lowest BCUT2D eigenvalue weighted by atomic mass is 10.0. The van der Waals surface area contributed by atoms with Gasteiger partial charge in [-0.05, 0) is 53.5 Å². The minimum atomic E-state index is -0.301. The molecular weight excluding hydrogens is 398 g/mol. The number of nitrogens with zero attached hydrogens (tertiary/aromatic N) is 1. The smallest absolute Gasteiger partial charge is 0.250 e. The van der Waals surface area contributed by atoms with Crippen molar-refractivity contribution in [1.82, 2.24) is 10.3 Å². The van der Waals surface area contributed by atoms with Gasteiger partial charge in [-0.1, -0.05) is 61.1 Å². The van der Waals surface area contributed by atoms with Gasteiger partial charge in [0.1, 0.15) is 0 Å². The van der Waals surface area contributed by atoms with E-state index in [2.05, 4.69) is 41.6 Å². The van der Waals surface area contributed by atoms with Crippen LogP contribution < -0.4 is 10.6 Å². The number of rotatable bonds is 4. The van der Waals surface area contributed by atoms with Gasteiger partial charge in [0, 0.05) is 11.1 Å². The normalized spacial score (nSPS) is 11.3. The topological polar surface area (TPSA) is 54.0 Å². The molecular formula is C20H18ClN3OS2.